The number of phenols is 1. The fourth-order valence-corrected chi connectivity index (χ4v) is 8.05. The first kappa shape index (κ1) is 26.7. The van der Waals surface area contributed by atoms with Crippen molar-refractivity contribution in [3.63, 3.8) is 0 Å². The maximum atomic E-state index is 13.9. The van der Waals surface area contributed by atoms with E-state index in [9.17, 15) is 24.3 Å². The van der Waals surface area contributed by atoms with Gasteiger partial charge in [0.25, 0.3) is 11.8 Å². The van der Waals surface area contributed by atoms with Crippen molar-refractivity contribution in [1.29, 1.82) is 0 Å². The van der Waals surface area contributed by atoms with Gasteiger partial charge in [0.15, 0.2) is 21.2 Å². The Balaban J connectivity index is 1.55. The van der Waals surface area contributed by atoms with Crippen molar-refractivity contribution in [1.82, 2.24) is 4.90 Å². The molecule has 2 aromatic carbocycles. The zero-order chi connectivity index (χ0) is 28.7. The zero-order valence-electron chi connectivity index (χ0n) is 21.9. The third-order valence-corrected chi connectivity index (χ3v) is 10.3. The lowest BCUT2D eigenvalue weighted by molar-refractivity contribution is -0.138. The van der Waals surface area contributed by atoms with E-state index in [1.54, 1.807) is 30.3 Å². The molecule has 4 amide bonds. The van der Waals surface area contributed by atoms with Gasteiger partial charge in [0.1, 0.15) is 0 Å². The lowest BCUT2D eigenvalue weighted by atomic mass is 9.56. The molecular formula is C29H26Cl2N2O7. The summed E-state index contributed by atoms with van der Waals surface area (Å²) in [5.41, 5.74) is 1.51. The SMILES string of the molecule is COc1cc([C@H]2C3=CC[C@@H]4C(=O)N(c5ccccc5)C(=O)[C@@H]4[C@@H]3C[C@@]3(Cl)C(=O)N(C)C(=O)[C@@]23Cl)cc(OC)c1O. The minimum atomic E-state index is -1.95. The van der Waals surface area contributed by atoms with Crippen LogP contribution in [0, 0.1) is 17.8 Å². The number of amides is 4. The minimum Gasteiger partial charge on any atom is -0.502 e. The summed E-state index contributed by atoms with van der Waals surface area (Å²) >= 11 is 14.4. The number of nitrogens with zero attached hydrogens (tertiary/aromatic N) is 2. The summed E-state index contributed by atoms with van der Waals surface area (Å²) in [5.74, 6) is -5.28. The summed E-state index contributed by atoms with van der Waals surface area (Å²) in [6, 6.07) is 11.7. The van der Waals surface area contributed by atoms with E-state index in [-0.39, 0.29) is 41.9 Å². The number of ether oxygens (including phenoxy) is 2. The van der Waals surface area contributed by atoms with Gasteiger partial charge in [0.05, 0.1) is 31.7 Å². The van der Waals surface area contributed by atoms with E-state index in [4.69, 9.17) is 32.7 Å². The Kier molecular flexibility index (Phi) is 5.98. The van der Waals surface area contributed by atoms with Crippen LogP contribution in [0.1, 0.15) is 24.3 Å². The van der Waals surface area contributed by atoms with Gasteiger partial charge in [-0.2, -0.15) is 0 Å². The highest BCUT2D eigenvalue weighted by Gasteiger charge is 2.76. The molecule has 3 fully saturated rings. The molecule has 4 aliphatic rings. The number of para-hydroxylation sites is 1. The summed E-state index contributed by atoms with van der Waals surface area (Å²) in [4.78, 5) is 53.0. The third kappa shape index (κ3) is 3.22. The van der Waals surface area contributed by atoms with Crippen LogP contribution in [0.4, 0.5) is 5.69 Å². The number of imide groups is 2. The normalized spacial score (nSPS) is 33.0. The minimum absolute atomic E-state index is 0.0682. The number of hydrogen-bond donors (Lipinski definition) is 1. The molecule has 6 rings (SSSR count). The van der Waals surface area contributed by atoms with E-state index in [2.05, 4.69) is 0 Å². The van der Waals surface area contributed by atoms with Crippen molar-refractivity contribution in [2.24, 2.45) is 17.8 Å². The molecule has 0 aromatic heterocycles. The summed E-state index contributed by atoms with van der Waals surface area (Å²) in [7, 11) is 4.07. The van der Waals surface area contributed by atoms with Crippen LogP contribution in [0.5, 0.6) is 17.2 Å². The molecule has 2 aliphatic heterocycles. The molecule has 11 heteroatoms. The van der Waals surface area contributed by atoms with Crippen molar-refractivity contribution >= 4 is 52.5 Å². The molecule has 0 radical (unpaired) electrons. The van der Waals surface area contributed by atoms with E-state index < -0.39 is 45.2 Å². The van der Waals surface area contributed by atoms with Crippen LogP contribution < -0.4 is 14.4 Å². The maximum Gasteiger partial charge on any atom is 0.253 e. The van der Waals surface area contributed by atoms with E-state index in [1.165, 1.54) is 38.3 Å². The number of hydrogen-bond acceptors (Lipinski definition) is 7. The number of aromatic hydroxyl groups is 1. The average molecular weight is 585 g/mol. The smallest absolute Gasteiger partial charge is 0.253 e. The number of carbonyl (C=O) groups excluding carboxylic acids is 4. The molecule has 2 heterocycles. The molecule has 1 saturated carbocycles. The van der Waals surface area contributed by atoms with Crippen molar-refractivity contribution in [3.8, 4) is 17.2 Å². The number of benzene rings is 2. The molecule has 40 heavy (non-hydrogen) atoms. The van der Waals surface area contributed by atoms with E-state index >= 15 is 0 Å². The molecule has 6 atom stereocenters. The molecule has 2 saturated heterocycles. The number of methoxy groups -OCH3 is 2. The number of alkyl halides is 2. The van der Waals surface area contributed by atoms with E-state index in [0.29, 0.717) is 16.8 Å². The predicted octanol–water partition coefficient (Wildman–Crippen LogP) is 3.60. The second-order valence-electron chi connectivity index (χ2n) is 10.6. The van der Waals surface area contributed by atoms with Gasteiger partial charge in [-0.1, -0.05) is 29.8 Å². The fourth-order valence-electron chi connectivity index (χ4n) is 7.03. The quantitative estimate of drug-likeness (QED) is 0.332. The van der Waals surface area contributed by atoms with Gasteiger partial charge in [-0.05, 0) is 48.6 Å². The number of fused-ring (bicyclic) bond motifs is 4. The summed E-state index contributed by atoms with van der Waals surface area (Å²) in [6.45, 7) is 0. The molecule has 208 valence electrons. The van der Waals surface area contributed by atoms with Crippen molar-refractivity contribution in [2.45, 2.75) is 28.5 Å². The molecule has 0 bridgehead atoms. The first-order valence-electron chi connectivity index (χ1n) is 12.8. The molecule has 9 nitrogen and oxygen atoms in total. The molecular weight excluding hydrogens is 559 g/mol. The summed E-state index contributed by atoms with van der Waals surface area (Å²) in [6.07, 6.45) is 1.98. The topological polar surface area (TPSA) is 113 Å². The molecule has 2 aliphatic carbocycles. The number of likely N-dealkylation sites (tertiary alicyclic amines) is 1. The van der Waals surface area contributed by atoms with Gasteiger partial charge in [-0.25, -0.2) is 0 Å². The Hall–Kier alpha value is -3.56. The second-order valence-corrected chi connectivity index (χ2v) is 11.9. The average Bonchev–Trinajstić information content (AvgIpc) is 3.28. The Morgan fingerprint density at radius 1 is 0.925 bits per heavy atom. The number of allylic oxidation sites excluding steroid dienone is 2. The molecule has 2 aromatic rings. The van der Waals surface area contributed by atoms with E-state index in [1.807, 2.05) is 6.08 Å². The lowest BCUT2D eigenvalue weighted by Gasteiger charge is -2.50. The van der Waals surface area contributed by atoms with Gasteiger partial charge >= 0.3 is 0 Å². The van der Waals surface area contributed by atoms with Crippen LogP contribution in [0.3, 0.4) is 0 Å². The number of anilines is 1. The second kappa shape index (κ2) is 8.97. The lowest BCUT2D eigenvalue weighted by Crippen LogP contribution is -2.60. The summed E-state index contributed by atoms with van der Waals surface area (Å²) < 4.78 is 10.7. The van der Waals surface area contributed by atoms with E-state index in [0.717, 1.165) is 4.90 Å². The van der Waals surface area contributed by atoms with Crippen LogP contribution in [0.15, 0.2) is 54.1 Å². The number of rotatable bonds is 4. The van der Waals surface area contributed by atoms with Crippen LogP contribution in [-0.4, -0.2) is 64.7 Å². The number of carbonyl (C=O) groups is 4. The highest BCUT2D eigenvalue weighted by Crippen LogP contribution is 2.66. The standard InChI is InChI=1S/C29H26Cl2N2O7/c1-32-26(37)28(30)13-18-16(9-10-17-21(18)25(36)33(24(17)35)15-7-5-4-6-8-15)22(29(28,31)27(32)38)14-11-19(39-2)23(34)20(12-14)40-3/h4-9,11-12,17-18,21-22,34H,10,13H2,1-3H3/t17-,18+,21-,22-,28+,29-/m0/s1. The van der Waals surface area contributed by atoms with Gasteiger partial charge < -0.3 is 14.6 Å². The molecule has 0 unspecified atom stereocenters. The third-order valence-electron chi connectivity index (χ3n) is 8.86. The van der Waals surface area contributed by atoms with Crippen LogP contribution in [0.25, 0.3) is 0 Å². The molecule has 0 spiro atoms. The van der Waals surface area contributed by atoms with Crippen LogP contribution in [-0.2, 0) is 19.2 Å². The van der Waals surface area contributed by atoms with Gasteiger partial charge in [0, 0.05) is 13.0 Å². The van der Waals surface area contributed by atoms with Gasteiger partial charge in [-0.15, -0.1) is 23.2 Å². The van der Waals surface area contributed by atoms with Gasteiger partial charge in [-0.3, -0.25) is 29.0 Å². The van der Waals surface area contributed by atoms with Crippen LogP contribution in [0.2, 0.25) is 0 Å². The largest absolute Gasteiger partial charge is 0.502 e. The fraction of sp³-hybridized carbons (Fsp3) is 0.379. The Labute approximate surface area is 240 Å². The highest BCUT2D eigenvalue weighted by atomic mass is 35.5. The highest BCUT2D eigenvalue weighted by molar-refractivity contribution is 6.53. The van der Waals surface area contributed by atoms with Crippen LogP contribution >= 0.6 is 23.2 Å². The Bertz CT molecular complexity index is 1490. The van der Waals surface area contributed by atoms with Gasteiger partial charge in [0.2, 0.25) is 17.6 Å². The Morgan fingerprint density at radius 3 is 2.15 bits per heavy atom. The summed E-state index contributed by atoms with van der Waals surface area (Å²) in [5, 5.41) is 10.6. The van der Waals surface area contributed by atoms with Crippen molar-refractivity contribution in [2.75, 3.05) is 26.2 Å². The first-order chi connectivity index (χ1) is 19.0. The van der Waals surface area contributed by atoms with Crippen molar-refractivity contribution < 1.29 is 33.8 Å². The predicted molar refractivity (Wildman–Crippen MR) is 146 cm³/mol. The first-order valence-corrected chi connectivity index (χ1v) is 13.5. The molecule has 1 N–H and O–H groups in total. The zero-order valence-corrected chi connectivity index (χ0v) is 23.4. The number of phenolic OH excluding ortho intramolecular Hbond substituents is 1. The van der Waals surface area contributed by atoms with Crippen molar-refractivity contribution in [3.05, 3.63) is 59.7 Å². The number of halogens is 2. The maximum absolute atomic E-state index is 13.9. The Morgan fingerprint density at radius 2 is 1.55 bits per heavy atom. The monoisotopic (exact) mass is 584 g/mol.